The molecule has 0 saturated carbocycles. The molecule has 1 aromatic carbocycles. The summed E-state index contributed by atoms with van der Waals surface area (Å²) in [5, 5.41) is 11.6. The lowest BCUT2D eigenvalue weighted by Crippen LogP contribution is -2.05. The Balaban J connectivity index is 3.04. The van der Waals surface area contributed by atoms with Gasteiger partial charge < -0.3 is 10.1 Å². The number of nitriles is 1. The third-order valence-corrected chi connectivity index (χ3v) is 2.02. The molecule has 82 valence electrons. The van der Waals surface area contributed by atoms with E-state index in [1.165, 1.54) is 19.4 Å². The maximum Gasteiger partial charge on any atom is 0.339 e. The van der Waals surface area contributed by atoms with Crippen LogP contribution in [0.1, 0.15) is 10.4 Å². The van der Waals surface area contributed by atoms with E-state index in [1.807, 2.05) is 6.07 Å². The summed E-state index contributed by atoms with van der Waals surface area (Å²) in [7, 11) is 1.30. The van der Waals surface area contributed by atoms with Crippen molar-refractivity contribution in [2.45, 2.75) is 0 Å². The molecule has 0 aromatic heterocycles. The third kappa shape index (κ3) is 3.01. The molecule has 0 aliphatic rings. The fraction of sp³-hybridized carbons (Fsp3) is 0.0909. The van der Waals surface area contributed by atoms with Crippen LogP contribution >= 0.6 is 11.6 Å². The SMILES string of the molecule is COC(=O)c1ccc(Cl)cc1N/C=C/C#N. The van der Waals surface area contributed by atoms with Crippen LogP contribution in [0.3, 0.4) is 0 Å². The number of methoxy groups -OCH3 is 1. The average molecular weight is 237 g/mol. The lowest BCUT2D eigenvalue weighted by atomic mass is 10.2. The number of carbonyl (C=O) groups excluding carboxylic acids is 1. The minimum absolute atomic E-state index is 0.356. The molecule has 0 fully saturated rings. The summed E-state index contributed by atoms with van der Waals surface area (Å²) in [6.45, 7) is 0. The molecule has 0 heterocycles. The first kappa shape index (κ1) is 12.1. The zero-order valence-corrected chi connectivity index (χ0v) is 9.28. The van der Waals surface area contributed by atoms with E-state index in [-0.39, 0.29) is 0 Å². The highest BCUT2D eigenvalue weighted by atomic mass is 35.5. The summed E-state index contributed by atoms with van der Waals surface area (Å²) in [6, 6.07) is 6.54. The first-order valence-corrected chi connectivity index (χ1v) is 4.76. The number of esters is 1. The van der Waals surface area contributed by atoms with Crippen LogP contribution < -0.4 is 5.32 Å². The molecular formula is C11H9ClN2O2. The van der Waals surface area contributed by atoms with Crippen molar-refractivity contribution < 1.29 is 9.53 Å². The molecule has 1 N–H and O–H groups in total. The molecule has 16 heavy (non-hydrogen) atoms. The summed E-state index contributed by atoms with van der Waals surface area (Å²) >= 11 is 5.80. The van der Waals surface area contributed by atoms with E-state index in [1.54, 1.807) is 18.2 Å². The molecule has 0 saturated heterocycles. The lowest BCUT2D eigenvalue weighted by molar-refractivity contribution is 0.0602. The number of hydrogen-bond acceptors (Lipinski definition) is 4. The van der Waals surface area contributed by atoms with Gasteiger partial charge in [-0.25, -0.2) is 4.79 Å². The molecule has 5 heteroatoms. The Labute approximate surface area is 98.1 Å². The number of halogens is 1. The van der Waals surface area contributed by atoms with E-state index in [4.69, 9.17) is 16.9 Å². The number of allylic oxidation sites excluding steroid dienone is 1. The standard InChI is InChI=1S/C11H9ClN2O2/c1-16-11(15)9-4-3-8(12)7-10(9)14-6-2-5-13/h2-4,6-7,14H,1H3/b6-2+. The van der Waals surface area contributed by atoms with Crippen molar-refractivity contribution in [1.29, 1.82) is 5.26 Å². The quantitative estimate of drug-likeness (QED) is 0.647. The van der Waals surface area contributed by atoms with Gasteiger partial charge in [0.2, 0.25) is 0 Å². The Kier molecular flexibility index (Phi) is 4.37. The molecule has 0 unspecified atom stereocenters. The zero-order valence-electron chi connectivity index (χ0n) is 8.53. The van der Waals surface area contributed by atoms with Crippen molar-refractivity contribution in [1.82, 2.24) is 0 Å². The normalized spacial score (nSPS) is 9.81. The van der Waals surface area contributed by atoms with E-state index in [0.29, 0.717) is 16.3 Å². The summed E-state index contributed by atoms with van der Waals surface area (Å²) in [4.78, 5) is 11.4. The number of rotatable bonds is 3. The van der Waals surface area contributed by atoms with Gasteiger partial charge in [0, 0.05) is 17.3 Å². The Morgan fingerprint density at radius 3 is 3.00 bits per heavy atom. The monoisotopic (exact) mass is 236 g/mol. The smallest absolute Gasteiger partial charge is 0.339 e. The van der Waals surface area contributed by atoms with Gasteiger partial charge in [0.25, 0.3) is 0 Å². The number of ether oxygens (including phenoxy) is 1. The van der Waals surface area contributed by atoms with Crippen LogP contribution in [0.2, 0.25) is 5.02 Å². The van der Waals surface area contributed by atoms with Crippen molar-refractivity contribution in [2.75, 3.05) is 12.4 Å². The van der Waals surface area contributed by atoms with E-state index in [9.17, 15) is 4.79 Å². The second-order valence-electron chi connectivity index (χ2n) is 2.79. The number of benzene rings is 1. The number of carbonyl (C=O) groups is 1. The Morgan fingerprint density at radius 2 is 2.38 bits per heavy atom. The van der Waals surface area contributed by atoms with Gasteiger partial charge in [-0.05, 0) is 18.2 Å². The van der Waals surface area contributed by atoms with Gasteiger partial charge in [0.15, 0.2) is 0 Å². The van der Waals surface area contributed by atoms with E-state index in [2.05, 4.69) is 10.1 Å². The topological polar surface area (TPSA) is 62.1 Å². The Morgan fingerprint density at radius 1 is 1.62 bits per heavy atom. The van der Waals surface area contributed by atoms with Gasteiger partial charge in [-0.2, -0.15) is 5.26 Å². The minimum atomic E-state index is -0.468. The summed E-state index contributed by atoms with van der Waals surface area (Å²) in [5.74, 6) is -0.468. The predicted molar refractivity (Wildman–Crippen MR) is 61.2 cm³/mol. The number of anilines is 1. The van der Waals surface area contributed by atoms with Gasteiger partial charge in [-0.15, -0.1) is 0 Å². The Hall–Kier alpha value is -1.99. The average Bonchev–Trinajstić information content (AvgIpc) is 2.29. The molecule has 0 aliphatic heterocycles. The molecule has 0 atom stereocenters. The van der Waals surface area contributed by atoms with Crippen LogP contribution in [0.4, 0.5) is 5.69 Å². The first-order chi connectivity index (χ1) is 7.69. The van der Waals surface area contributed by atoms with Crippen molar-refractivity contribution in [2.24, 2.45) is 0 Å². The summed E-state index contributed by atoms with van der Waals surface area (Å²) in [6.07, 6.45) is 2.67. The zero-order chi connectivity index (χ0) is 12.0. The largest absolute Gasteiger partial charge is 0.465 e. The lowest BCUT2D eigenvalue weighted by Gasteiger charge is -2.07. The van der Waals surface area contributed by atoms with Crippen LogP contribution in [-0.2, 0) is 4.74 Å². The van der Waals surface area contributed by atoms with Crippen LogP contribution in [0.5, 0.6) is 0 Å². The minimum Gasteiger partial charge on any atom is -0.465 e. The van der Waals surface area contributed by atoms with Gasteiger partial charge in [-0.1, -0.05) is 11.6 Å². The second-order valence-corrected chi connectivity index (χ2v) is 3.22. The van der Waals surface area contributed by atoms with E-state index < -0.39 is 5.97 Å². The number of nitrogens with zero attached hydrogens (tertiary/aromatic N) is 1. The van der Waals surface area contributed by atoms with E-state index >= 15 is 0 Å². The maximum absolute atomic E-state index is 11.4. The van der Waals surface area contributed by atoms with Gasteiger partial charge in [0.05, 0.1) is 24.4 Å². The summed E-state index contributed by atoms with van der Waals surface area (Å²) in [5.41, 5.74) is 0.848. The van der Waals surface area contributed by atoms with Crippen molar-refractivity contribution >= 4 is 23.3 Å². The fourth-order valence-electron chi connectivity index (χ4n) is 1.09. The third-order valence-electron chi connectivity index (χ3n) is 1.78. The van der Waals surface area contributed by atoms with E-state index in [0.717, 1.165) is 0 Å². The number of nitrogens with one attached hydrogen (secondary N) is 1. The van der Waals surface area contributed by atoms with Crippen LogP contribution in [-0.4, -0.2) is 13.1 Å². The fourth-order valence-corrected chi connectivity index (χ4v) is 1.26. The van der Waals surface area contributed by atoms with Crippen LogP contribution in [0.15, 0.2) is 30.5 Å². The maximum atomic E-state index is 11.4. The van der Waals surface area contributed by atoms with Crippen LogP contribution in [0, 0.1) is 11.3 Å². The molecule has 1 aromatic rings. The van der Waals surface area contributed by atoms with Gasteiger partial charge >= 0.3 is 5.97 Å². The highest BCUT2D eigenvalue weighted by molar-refractivity contribution is 6.31. The molecule has 0 bridgehead atoms. The molecule has 0 aliphatic carbocycles. The highest BCUT2D eigenvalue weighted by Crippen LogP contribution is 2.21. The second kappa shape index (κ2) is 5.79. The number of hydrogen-bond donors (Lipinski definition) is 1. The van der Waals surface area contributed by atoms with Crippen LogP contribution in [0.25, 0.3) is 0 Å². The summed E-state index contributed by atoms with van der Waals surface area (Å²) < 4.78 is 4.61. The van der Waals surface area contributed by atoms with Crippen molar-refractivity contribution in [3.63, 3.8) is 0 Å². The molecule has 4 nitrogen and oxygen atoms in total. The molecule has 0 radical (unpaired) electrons. The molecule has 0 spiro atoms. The molecule has 0 amide bonds. The molecular weight excluding hydrogens is 228 g/mol. The first-order valence-electron chi connectivity index (χ1n) is 4.38. The predicted octanol–water partition coefficient (Wildman–Crippen LogP) is 2.58. The van der Waals surface area contributed by atoms with Crippen molar-refractivity contribution in [3.8, 4) is 6.07 Å². The van der Waals surface area contributed by atoms with Gasteiger partial charge in [-0.3, -0.25) is 0 Å². The Bertz CT molecular complexity index is 464. The van der Waals surface area contributed by atoms with Crippen molar-refractivity contribution in [3.05, 3.63) is 41.1 Å². The van der Waals surface area contributed by atoms with Gasteiger partial charge in [0.1, 0.15) is 0 Å². The highest BCUT2D eigenvalue weighted by Gasteiger charge is 2.10. The molecule has 1 rings (SSSR count).